The van der Waals surface area contributed by atoms with Gasteiger partial charge in [-0.05, 0) is 75.8 Å². The Morgan fingerprint density at radius 1 is 0.744 bits per heavy atom. The summed E-state index contributed by atoms with van der Waals surface area (Å²) in [5, 5.41) is 5.00. The molecular formula is C30H43N3O6. The number of nitrogens with one attached hydrogen (secondary N) is 2. The van der Waals surface area contributed by atoms with Crippen LogP contribution in [0.3, 0.4) is 0 Å². The van der Waals surface area contributed by atoms with Crippen molar-refractivity contribution in [3.8, 4) is 22.6 Å². The molecule has 0 spiro atoms. The predicted molar refractivity (Wildman–Crippen MR) is 154 cm³/mol. The summed E-state index contributed by atoms with van der Waals surface area (Å²) in [5.74, 6) is 0.895. The smallest absolute Gasteiger partial charge is 0.414 e. The van der Waals surface area contributed by atoms with Gasteiger partial charge in [0.15, 0.2) is 11.5 Å². The van der Waals surface area contributed by atoms with E-state index in [1.165, 1.54) is 5.56 Å². The summed E-state index contributed by atoms with van der Waals surface area (Å²) in [5.41, 5.74) is 2.36. The molecule has 0 saturated heterocycles. The molecule has 0 radical (unpaired) electrons. The normalized spacial score (nSPS) is 11.8. The van der Waals surface area contributed by atoms with Crippen LogP contribution in [0, 0.1) is 0 Å². The van der Waals surface area contributed by atoms with Crippen molar-refractivity contribution in [3.63, 3.8) is 0 Å². The largest absolute Gasteiger partial charge is 0.493 e. The molecule has 9 nitrogen and oxygen atoms in total. The number of guanidine groups is 1. The second-order valence-corrected chi connectivity index (χ2v) is 12.1. The van der Waals surface area contributed by atoms with Crippen molar-refractivity contribution in [1.82, 2.24) is 10.6 Å². The lowest BCUT2D eigenvalue weighted by Gasteiger charge is -2.22. The summed E-state index contributed by atoms with van der Waals surface area (Å²) in [6.07, 6.45) is -1.54. The first-order valence-electron chi connectivity index (χ1n) is 12.8. The van der Waals surface area contributed by atoms with Gasteiger partial charge in [-0.1, -0.05) is 45.0 Å². The first kappa shape index (κ1) is 31.5. The van der Waals surface area contributed by atoms with Crippen LogP contribution in [-0.4, -0.2) is 43.6 Å². The molecule has 0 atom stereocenters. The van der Waals surface area contributed by atoms with Crippen molar-refractivity contribution in [2.75, 3.05) is 14.2 Å². The fraction of sp³-hybridized carbons (Fsp3) is 0.500. The highest BCUT2D eigenvalue weighted by atomic mass is 16.6. The lowest BCUT2D eigenvalue weighted by molar-refractivity contribution is 0.0545. The minimum atomic E-state index is -0.769. The van der Waals surface area contributed by atoms with E-state index in [9.17, 15) is 9.59 Å². The molecule has 0 aliphatic carbocycles. The van der Waals surface area contributed by atoms with Crippen LogP contribution in [0.1, 0.15) is 73.4 Å². The number of carbonyl (C=O) groups is 2. The number of carbonyl (C=O) groups excluding carboxylic acids is 2. The third-order valence-electron chi connectivity index (χ3n) is 5.29. The van der Waals surface area contributed by atoms with Crippen LogP contribution >= 0.6 is 0 Å². The van der Waals surface area contributed by atoms with Gasteiger partial charge in [0.05, 0.1) is 20.8 Å². The molecular weight excluding hydrogens is 498 g/mol. The lowest BCUT2D eigenvalue weighted by Crippen LogP contribution is -2.47. The summed E-state index contributed by atoms with van der Waals surface area (Å²) >= 11 is 0. The zero-order valence-corrected chi connectivity index (χ0v) is 25.1. The fourth-order valence-electron chi connectivity index (χ4n) is 3.57. The van der Waals surface area contributed by atoms with Crippen LogP contribution in [0.15, 0.2) is 41.4 Å². The molecule has 0 saturated carbocycles. The number of nitrogens with zero attached hydrogens (tertiary/aromatic N) is 1. The number of benzene rings is 2. The van der Waals surface area contributed by atoms with E-state index in [-0.39, 0.29) is 17.9 Å². The third kappa shape index (κ3) is 10.1. The van der Waals surface area contributed by atoms with Crippen molar-refractivity contribution < 1.29 is 28.5 Å². The Kier molecular flexibility index (Phi) is 10.0. The van der Waals surface area contributed by atoms with Crippen LogP contribution in [0.5, 0.6) is 11.5 Å². The number of hydrogen-bond acceptors (Lipinski definition) is 7. The monoisotopic (exact) mass is 541 g/mol. The molecule has 0 aliphatic rings. The molecule has 2 amide bonds. The second-order valence-electron chi connectivity index (χ2n) is 12.1. The summed E-state index contributed by atoms with van der Waals surface area (Å²) in [7, 11) is 3.11. The molecule has 2 rings (SSSR count). The number of alkyl carbamates (subject to hydrolysis) is 2. The van der Waals surface area contributed by atoms with E-state index < -0.39 is 23.4 Å². The van der Waals surface area contributed by atoms with Gasteiger partial charge in [0.1, 0.15) is 11.2 Å². The molecule has 2 aromatic carbocycles. The maximum Gasteiger partial charge on any atom is 0.414 e. The lowest BCUT2D eigenvalue weighted by atomic mass is 9.86. The minimum Gasteiger partial charge on any atom is -0.493 e. The van der Waals surface area contributed by atoms with E-state index in [1.807, 2.05) is 12.1 Å². The first-order chi connectivity index (χ1) is 17.9. The molecule has 2 aromatic rings. The van der Waals surface area contributed by atoms with Crippen LogP contribution in [0.2, 0.25) is 0 Å². The van der Waals surface area contributed by atoms with Gasteiger partial charge < -0.3 is 18.9 Å². The minimum absolute atomic E-state index is 0.0364. The van der Waals surface area contributed by atoms with Crippen molar-refractivity contribution in [2.45, 2.75) is 85.5 Å². The molecule has 0 bridgehead atoms. The van der Waals surface area contributed by atoms with Gasteiger partial charge >= 0.3 is 12.2 Å². The summed E-state index contributed by atoms with van der Waals surface area (Å²) in [6.45, 7) is 17.0. The summed E-state index contributed by atoms with van der Waals surface area (Å²) < 4.78 is 21.9. The van der Waals surface area contributed by atoms with Crippen molar-refractivity contribution in [3.05, 3.63) is 47.5 Å². The Balaban J connectivity index is 2.47. The number of aliphatic imine (C=N–C) groups is 1. The van der Waals surface area contributed by atoms with Crippen LogP contribution in [0.4, 0.5) is 9.59 Å². The average molecular weight is 542 g/mol. The van der Waals surface area contributed by atoms with Crippen LogP contribution in [-0.2, 0) is 21.4 Å². The topological polar surface area (TPSA) is 107 Å². The Labute approximate surface area is 232 Å². The third-order valence-corrected chi connectivity index (χ3v) is 5.29. The second kappa shape index (κ2) is 12.4. The molecule has 214 valence electrons. The molecule has 9 heteroatoms. The Bertz CT molecular complexity index is 1150. The number of methoxy groups -OCH3 is 2. The molecule has 0 aromatic heterocycles. The van der Waals surface area contributed by atoms with Crippen molar-refractivity contribution >= 4 is 18.1 Å². The van der Waals surface area contributed by atoms with Crippen molar-refractivity contribution in [2.24, 2.45) is 4.99 Å². The zero-order chi connectivity index (χ0) is 29.6. The van der Waals surface area contributed by atoms with Gasteiger partial charge in [-0.15, -0.1) is 0 Å². The molecule has 2 N–H and O–H groups in total. The molecule has 0 unspecified atom stereocenters. The highest BCUT2D eigenvalue weighted by Crippen LogP contribution is 2.37. The van der Waals surface area contributed by atoms with Crippen molar-refractivity contribution in [1.29, 1.82) is 0 Å². The summed E-state index contributed by atoms with van der Waals surface area (Å²) in [4.78, 5) is 29.4. The van der Waals surface area contributed by atoms with E-state index in [2.05, 4.69) is 60.7 Å². The quantitative estimate of drug-likeness (QED) is 0.327. The van der Waals surface area contributed by atoms with E-state index >= 15 is 0 Å². The SMILES string of the molecule is COc1cc(-c2ccc(C(C)(C)C)cc2)cc(CN=C(NC(=O)OC(C)(C)C)NC(=O)OC(C)(C)C)c1OC. The highest BCUT2D eigenvalue weighted by molar-refractivity contribution is 6.01. The molecule has 39 heavy (non-hydrogen) atoms. The Morgan fingerprint density at radius 3 is 1.67 bits per heavy atom. The first-order valence-corrected chi connectivity index (χ1v) is 12.8. The predicted octanol–water partition coefficient (Wildman–Crippen LogP) is 6.57. The average Bonchev–Trinajstić information content (AvgIpc) is 2.78. The van der Waals surface area contributed by atoms with E-state index in [1.54, 1.807) is 55.8 Å². The zero-order valence-electron chi connectivity index (χ0n) is 25.1. The number of amides is 2. The maximum atomic E-state index is 12.5. The van der Waals surface area contributed by atoms with E-state index in [0.717, 1.165) is 11.1 Å². The molecule has 0 aliphatic heterocycles. The number of hydrogen-bond donors (Lipinski definition) is 2. The van der Waals surface area contributed by atoms with Gasteiger partial charge in [0, 0.05) is 5.56 Å². The maximum absolute atomic E-state index is 12.5. The standard InChI is InChI=1S/C30H43N3O6/c1-28(2,3)22-14-12-19(13-15-22)20-16-21(24(37-11)23(17-20)36-10)18-31-25(32-26(34)38-29(4,5)6)33-27(35)39-30(7,8)9/h12-17H,18H2,1-11H3,(H2,31,32,33,34,35). The Hall–Kier alpha value is -3.75. The van der Waals surface area contributed by atoms with Gasteiger partial charge in [0.2, 0.25) is 5.96 Å². The van der Waals surface area contributed by atoms with E-state index in [0.29, 0.717) is 17.1 Å². The van der Waals surface area contributed by atoms with Crippen LogP contribution in [0.25, 0.3) is 11.1 Å². The molecule has 0 heterocycles. The Morgan fingerprint density at radius 2 is 1.26 bits per heavy atom. The highest BCUT2D eigenvalue weighted by Gasteiger charge is 2.22. The van der Waals surface area contributed by atoms with Gasteiger partial charge in [-0.2, -0.15) is 0 Å². The van der Waals surface area contributed by atoms with E-state index in [4.69, 9.17) is 18.9 Å². The van der Waals surface area contributed by atoms with Crippen LogP contribution < -0.4 is 20.1 Å². The fourth-order valence-corrected chi connectivity index (χ4v) is 3.57. The molecule has 0 fully saturated rings. The number of rotatable bonds is 5. The van der Waals surface area contributed by atoms with Gasteiger partial charge in [0.25, 0.3) is 0 Å². The summed E-state index contributed by atoms with van der Waals surface area (Å²) in [6, 6.07) is 12.2. The number of ether oxygens (including phenoxy) is 4. The van der Waals surface area contributed by atoms with Gasteiger partial charge in [-0.3, -0.25) is 10.6 Å². The van der Waals surface area contributed by atoms with Gasteiger partial charge in [-0.25, -0.2) is 14.6 Å².